The van der Waals surface area contributed by atoms with E-state index in [1.54, 1.807) is 0 Å². The molecular weight excluding hydrogens is 340 g/mol. The number of hydrogen-bond donors (Lipinski definition) is 1. The number of hydrogen-bond acceptors (Lipinski definition) is 1. The van der Waals surface area contributed by atoms with Crippen molar-refractivity contribution in [3.63, 3.8) is 0 Å². The molecule has 0 bridgehead atoms. The van der Waals surface area contributed by atoms with E-state index in [0.29, 0.717) is 6.54 Å². The van der Waals surface area contributed by atoms with Crippen molar-refractivity contribution in [3.8, 4) is 0 Å². The Bertz CT molecular complexity index is 608. The Morgan fingerprint density at radius 3 is 2.14 bits per heavy atom. The zero-order chi connectivity index (χ0) is 15.2. The molecule has 2 rings (SSSR count). The number of alkyl halides is 1. The quantitative estimate of drug-likeness (QED) is 0.815. The van der Waals surface area contributed by atoms with E-state index in [1.807, 2.05) is 24.3 Å². The summed E-state index contributed by atoms with van der Waals surface area (Å²) in [5.74, 6) is -1.82. The minimum absolute atomic E-state index is 0.204. The van der Waals surface area contributed by atoms with Crippen LogP contribution in [0, 0.1) is 11.6 Å². The van der Waals surface area contributed by atoms with Crippen LogP contribution in [0.5, 0.6) is 0 Å². The predicted octanol–water partition coefficient (Wildman–Crippen LogP) is 3.72. The van der Waals surface area contributed by atoms with Crippen LogP contribution in [0.2, 0.25) is 0 Å². The van der Waals surface area contributed by atoms with Gasteiger partial charge in [-0.1, -0.05) is 46.3 Å². The van der Waals surface area contributed by atoms with Crippen LogP contribution >= 0.6 is 15.9 Å². The number of halogens is 3. The highest BCUT2D eigenvalue weighted by Crippen LogP contribution is 2.13. The van der Waals surface area contributed by atoms with Crippen molar-refractivity contribution in [1.82, 2.24) is 5.32 Å². The molecule has 1 amide bonds. The van der Waals surface area contributed by atoms with Crippen LogP contribution in [-0.4, -0.2) is 5.91 Å². The normalized spacial score (nSPS) is 10.4. The van der Waals surface area contributed by atoms with Crippen molar-refractivity contribution < 1.29 is 13.6 Å². The summed E-state index contributed by atoms with van der Waals surface area (Å²) in [5, 5.41) is 3.43. The molecule has 0 aliphatic rings. The zero-order valence-corrected chi connectivity index (χ0v) is 12.8. The maximum Gasteiger partial charge on any atom is 0.224 e. The summed E-state index contributed by atoms with van der Waals surface area (Å²) in [5.41, 5.74) is 1.87. The number of carbonyl (C=O) groups is 1. The summed E-state index contributed by atoms with van der Waals surface area (Å²) in [6, 6.07) is 11.3. The van der Waals surface area contributed by atoms with Gasteiger partial charge in [0.25, 0.3) is 0 Å². The van der Waals surface area contributed by atoms with E-state index < -0.39 is 17.5 Å². The molecule has 0 aliphatic heterocycles. The minimum Gasteiger partial charge on any atom is -0.352 e. The van der Waals surface area contributed by atoms with Crippen molar-refractivity contribution in [2.45, 2.75) is 18.3 Å². The number of carbonyl (C=O) groups excluding carboxylic acids is 1. The van der Waals surface area contributed by atoms with Gasteiger partial charge in [0, 0.05) is 17.4 Å². The number of amides is 1. The van der Waals surface area contributed by atoms with Gasteiger partial charge in [-0.3, -0.25) is 4.79 Å². The lowest BCUT2D eigenvalue weighted by Crippen LogP contribution is -2.25. The highest BCUT2D eigenvalue weighted by Gasteiger charge is 2.12. The Balaban J connectivity index is 1.92. The Kier molecular flexibility index (Phi) is 5.44. The fourth-order valence-corrected chi connectivity index (χ4v) is 2.24. The standard InChI is InChI=1S/C16H14BrF2NO/c17-9-11-4-6-12(7-5-11)10-20-16(21)8-13-14(18)2-1-3-15(13)19/h1-7H,8-10H2,(H,20,21). The average Bonchev–Trinajstić information content (AvgIpc) is 2.49. The van der Waals surface area contributed by atoms with E-state index in [0.717, 1.165) is 28.6 Å². The molecular formula is C16H14BrF2NO. The molecule has 0 fully saturated rings. The Hall–Kier alpha value is -1.75. The smallest absolute Gasteiger partial charge is 0.224 e. The molecule has 0 saturated heterocycles. The van der Waals surface area contributed by atoms with Crippen molar-refractivity contribution in [3.05, 3.63) is 70.8 Å². The highest BCUT2D eigenvalue weighted by molar-refractivity contribution is 9.08. The van der Waals surface area contributed by atoms with Crippen molar-refractivity contribution in [2.24, 2.45) is 0 Å². The summed E-state index contributed by atoms with van der Waals surface area (Å²) in [7, 11) is 0. The van der Waals surface area contributed by atoms with Crippen LogP contribution in [-0.2, 0) is 23.1 Å². The lowest BCUT2D eigenvalue weighted by Gasteiger charge is -2.07. The summed E-state index contributed by atoms with van der Waals surface area (Å²) >= 11 is 3.35. The zero-order valence-electron chi connectivity index (χ0n) is 11.2. The molecule has 1 N–H and O–H groups in total. The van der Waals surface area contributed by atoms with Crippen LogP contribution in [0.15, 0.2) is 42.5 Å². The van der Waals surface area contributed by atoms with Gasteiger partial charge in [-0.25, -0.2) is 8.78 Å². The van der Waals surface area contributed by atoms with Gasteiger partial charge in [0.15, 0.2) is 0 Å². The molecule has 110 valence electrons. The second-order valence-electron chi connectivity index (χ2n) is 4.60. The summed E-state index contributed by atoms with van der Waals surface area (Å²) in [6.07, 6.45) is -0.308. The SMILES string of the molecule is O=C(Cc1c(F)cccc1F)NCc1ccc(CBr)cc1. The van der Waals surface area contributed by atoms with Gasteiger partial charge in [0.2, 0.25) is 5.91 Å². The molecule has 2 aromatic rings. The topological polar surface area (TPSA) is 29.1 Å². The molecule has 0 aromatic heterocycles. The maximum atomic E-state index is 13.4. The molecule has 2 aromatic carbocycles. The second kappa shape index (κ2) is 7.31. The number of nitrogens with one attached hydrogen (secondary N) is 1. The highest BCUT2D eigenvalue weighted by atomic mass is 79.9. The Morgan fingerprint density at radius 2 is 1.57 bits per heavy atom. The van der Waals surface area contributed by atoms with Crippen molar-refractivity contribution >= 4 is 21.8 Å². The van der Waals surface area contributed by atoms with Gasteiger partial charge in [-0.05, 0) is 23.3 Å². The number of benzene rings is 2. The van der Waals surface area contributed by atoms with Crippen molar-refractivity contribution in [1.29, 1.82) is 0 Å². The van der Waals surface area contributed by atoms with Crippen LogP contribution in [0.3, 0.4) is 0 Å². The summed E-state index contributed by atoms with van der Waals surface area (Å²) in [4.78, 5) is 11.8. The predicted molar refractivity (Wildman–Crippen MR) is 81.0 cm³/mol. The van der Waals surface area contributed by atoms with Gasteiger partial charge in [-0.15, -0.1) is 0 Å². The largest absolute Gasteiger partial charge is 0.352 e. The summed E-state index contributed by atoms with van der Waals surface area (Å²) in [6.45, 7) is 0.331. The molecule has 0 heterocycles. The molecule has 5 heteroatoms. The molecule has 0 radical (unpaired) electrons. The molecule has 0 aliphatic carbocycles. The monoisotopic (exact) mass is 353 g/mol. The van der Waals surface area contributed by atoms with Gasteiger partial charge in [0.1, 0.15) is 11.6 Å². The first-order valence-electron chi connectivity index (χ1n) is 6.43. The lowest BCUT2D eigenvalue weighted by atomic mass is 10.1. The average molecular weight is 354 g/mol. The van der Waals surface area contributed by atoms with E-state index in [1.165, 1.54) is 6.07 Å². The first-order chi connectivity index (χ1) is 10.1. The third-order valence-corrected chi connectivity index (χ3v) is 3.71. The third-order valence-electron chi connectivity index (χ3n) is 3.07. The third kappa shape index (κ3) is 4.36. The van der Waals surface area contributed by atoms with Gasteiger partial charge >= 0.3 is 0 Å². The van der Waals surface area contributed by atoms with E-state index in [2.05, 4.69) is 21.2 Å². The lowest BCUT2D eigenvalue weighted by molar-refractivity contribution is -0.120. The Labute approximate surface area is 130 Å². The fourth-order valence-electron chi connectivity index (χ4n) is 1.87. The molecule has 0 spiro atoms. The second-order valence-corrected chi connectivity index (χ2v) is 5.16. The summed E-state index contributed by atoms with van der Waals surface area (Å²) < 4.78 is 26.9. The molecule has 2 nitrogen and oxygen atoms in total. The number of rotatable bonds is 5. The van der Waals surface area contributed by atoms with Crippen LogP contribution in [0.1, 0.15) is 16.7 Å². The fraction of sp³-hybridized carbons (Fsp3) is 0.188. The molecule has 0 saturated carbocycles. The first kappa shape index (κ1) is 15.6. The molecule has 0 atom stereocenters. The first-order valence-corrected chi connectivity index (χ1v) is 7.55. The van der Waals surface area contributed by atoms with E-state index in [4.69, 9.17) is 0 Å². The molecule has 0 unspecified atom stereocenters. The van der Waals surface area contributed by atoms with Gasteiger partial charge in [0.05, 0.1) is 6.42 Å². The Morgan fingerprint density at radius 1 is 1.00 bits per heavy atom. The van der Waals surface area contributed by atoms with E-state index in [-0.39, 0.29) is 12.0 Å². The van der Waals surface area contributed by atoms with E-state index >= 15 is 0 Å². The van der Waals surface area contributed by atoms with Gasteiger partial charge in [-0.2, -0.15) is 0 Å². The molecule has 21 heavy (non-hydrogen) atoms. The van der Waals surface area contributed by atoms with Crippen LogP contribution < -0.4 is 5.32 Å². The minimum atomic E-state index is -0.702. The maximum absolute atomic E-state index is 13.4. The van der Waals surface area contributed by atoms with Gasteiger partial charge < -0.3 is 5.32 Å². The van der Waals surface area contributed by atoms with Crippen LogP contribution in [0.4, 0.5) is 8.78 Å². The van der Waals surface area contributed by atoms with Crippen molar-refractivity contribution in [2.75, 3.05) is 0 Å². The van der Waals surface area contributed by atoms with E-state index in [9.17, 15) is 13.6 Å². The van der Waals surface area contributed by atoms with Crippen LogP contribution in [0.25, 0.3) is 0 Å².